The lowest BCUT2D eigenvalue weighted by molar-refractivity contribution is -0.274. The Hall–Kier alpha value is -1.76. The van der Waals surface area contributed by atoms with Gasteiger partial charge in [0.1, 0.15) is 11.9 Å². The number of hydrogen-bond acceptors (Lipinski definition) is 3. The van der Waals surface area contributed by atoms with Crippen LogP contribution in [0.3, 0.4) is 0 Å². The molecule has 0 spiro atoms. The molecule has 1 N–H and O–H groups in total. The molecule has 2 rings (SSSR count). The van der Waals surface area contributed by atoms with Crippen molar-refractivity contribution in [3.63, 3.8) is 0 Å². The Balaban J connectivity index is 2.12. The highest BCUT2D eigenvalue weighted by Crippen LogP contribution is 2.27. The van der Waals surface area contributed by atoms with E-state index < -0.39 is 6.36 Å². The zero-order chi connectivity index (χ0) is 15.6. The van der Waals surface area contributed by atoms with Gasteiger partial charge in [0, 0.05) is 6.54 Å². The number of benzene rings is 1. The zero-order valence-corrected chi connectivity index (χ0v) is 11.8. The van der Waals surface area contributed by atoms with Gasteiger partial charge in [-0.15, -0.1) is 13.2 Å². The lowest BCUT2D eigenvalue weighted by Gasteiger charge is -2.26. The summed E-state index contributed by atoms with van der Waals surface area (Å²) in [6.45, 7) is 4.83. The van der Waals surface area contributed by atoms with Gasteiger partial charge in [-0.1, -0.05) is 26.0 Å². The van der Waals surface area contributed by atoms with Crippen molar-refractivity contribution >= 4 is 5.91 Å². The third-order valence-electron chi connectivity index (χ3n) is 3.07. The molecule has 1 fully saturated rings. The second kappa shape index (κ2) is 5.93. The van der Waals surface area contributed by atoms with E-state index in [1.54, 1.807) is 4.90 Å². The minimum absolute atomic E-state index is 0.00989. The van der Waals surface area contributed by atoms with E-state index >= 15 is 0 Å². The van der Waals surface area contributed by atoms with Crippen molar-refractivity contribution in [1.29, 1.82) is 0 Å². The number of hydrogen-bond donors (Lipinski definition) is 1. The van der Waals surface area contributed by atoms with Crippen molar-refractivity contribution in [3.05, 3.63) is 29.8 Å². The summed E-state index contributed by atoms with van der Waals surface area (Å²) in [5, 5.41) is 3.06. The molecule has 1 unspecified atom stereocenters. The summed E-state index contributed by atoms with van der Waals surface area (Å²) in [6.07, 6.45) is -5.01. The molecular weight excluding hydrogens is 285 g/mol. The van der Waals surface area contributed by atoms with Crippen molar-refractivity contribution in [2.75, 3.05) is 13.1 Å². The molecule has 21 heavy (non-hydrogen) atoms. The first kappa shape index (κ1) is 15.6. The highest BCUT2D eigenvalue weighted by molar-refractivity contribution is 5.81. The summed E-state index contributed by atoms with van der Waals surface area (Å²) >= 11 is 0. The fraction of sp³-hybridized carbons (Fsp3) is 0.500. The van der Waals surface area contributed by atoms with Crippen molar-refractivity contribution in [1.82, 2.24) is 10.2 Å². The molecule has 4 nitrogen and oxygen atoms in total. The SMILES string of the molecule is CC(C)CN1C(=O)CNC1c1ccc(OC(F)(F)F)cc1. The van der Waals surface area contributed by atoms with E-state index in [9.17, 15) is 18.0 Å². The van der Waals surface area contributed by atoms with Gasteiger partial charge in [-0.3, -0.25) is 10.1 Å². The number of amides is 1. The summed E-state index contributed by atoms with van der Waals surface area (Å²) < 4.78 is 40.2. The first-order valence-electron chi connectivity index (χ1n) is 6.65. The number of carbonyl (C=O) groups excluding carboxylic acids is 1. The van der Waals surface area contributed by atoms with Crippen LogP contribution in [0.4, 0.5) is 13.2 Å². The predicted molar refractivity (Wildman–Crippen MR) is 70.4 cm³/mol. The van der Waals surface area contributed by atoms with Crippen molar-refractivity contribution in [2.45, 2.75) is 26.4 Å². The van der Waals surface area contributed by atoms with Gasteiger partial charge >= 0.3 is 6.36 Å². The topological polar surface area (TPSA) is 41.6 Å². The van der Waals surface area contributed by atoms with E-state index in [0.29, 0.717) is 12.5 Å². The molecule has 0 aliphatic carbocycles. The molecule has 0 radical (unpaired) electrons. The van der Waals surface area contributed by atoms with Gasteiger partial charge in [-0.25, -0.2) is 0 Å². The molecule has 1 saturated heterocycles. The number of carbonyl (C=O) groups is 1. The summed E-state index contributed by atoms with van der Waals surface area (Å²) in [6, 6.07) is 5.57. The van der Waals surface area contributed by atoms with Gasteiger partial charge in [0.15, 0.2) is 0 Å². The molecule has 1 aliphatic rings. The van der Waals surface area contributed by atoms with Crippen molar-refractivity contribution in [3.8, 4) is 5.75 Å². The monoisotopic (exact) mass is 302 g/mol. The van der Waals surface area contributed by atoms with Crippen LogP contribution in [0.15, 0.2) is 24.3 Å². The van der Waals surface area contributed by atoms with Crippen LogP contribution < -0.4 is 10.1 Å². The van der Waals surface area contributed by atoms with Crippen molar-refractivity contribution in [2.24, 2.45) is 5.92 Å². The number of halogens is 3. The fourth-order valence-electron chi connectivity index (χ4n) is 2.29. The largest absolute Gasteiger partial charge is 0.573 e. The summed E-state index contributed by atoms with van der Waals surface area (Å²) in [7, 11) is 0. The molecule has 1 heterocycles. The second-order valence-electron chi connectivity index (χ2n) is 5.34. The normalized spacial score (nSPS) is 19.4. The van der Waals surface area contributed by atoms with Crippen LogP contribution in [-0.4, -0.2) is 30.3 Å². The molecule has 0 bridgehead atoms. The highest BCUT2D eigenvalue weighted by atomic mass is 19.4. The highest BCUT2D eigenvalue weighted by Gasteiger charge is 2.33. The summed E-state index contributed by atoms with van der Waals surface area (Å²) in [5.74, 6) is 0.0273. The Labute approximate surface area is 120 Å². The summed E-state index contributed by atoms with van der Waals surface area (Å²) in [5.41, 5.74) is 0.732. The van der Waals surface area contributed by atoms with E-state index in [0.717, 1.165) is 5.56 Å². The van der Waals surface area contributed by atoms with Gasteiger partial charge < -0.3 is 9.64 Å². The number of ether oxygens (including phenoxy) is 1. The Bertz CT molecular complexity index is 500. The van der Waals surface area contributed by atoms with Gasteiger partial charge in [-0.05, 0) is 23.6 Å². The summed E-state index contributed by atoms with van der Waals surface area (Å²) in [4.78, 5) is 13.5. The van der Waals surface area contributed by atoms with Crippen LogP contribution in [0.5, 0.6) is 5.75 Å². The van der Waals surface area contributed by atoms with Crippen LogP contribution in [0.25, 0.3) is 0 Å². The van der Waals surface area contributed by atoms with Gasteiger partial charge in [0.05, 0.1) is 6.54 Å². The lowest BCUT2D eigenvalue weighted by Crippen LogP contribution is -2.33. The molecule has 1 aromatic rings. The standard InChI is InChI=1S/C14H17F3N2O2/c1-9(2)8-19-12(20)7-18-13(19)10-3-5-11(6-4-10)21-14(15,16)17/h3-6,9,13,18H,7-8H2,1-2H3. The molecule has 1 atom stereocenters. The number of nitrogens with one attached hydrogen (secondary N) is 1. The molecular formula is C14H17F3N2O2. The first-order valence-corrected chi connectivity index (χ1v) is 6.65. The molecule has 7 heteroatoms. The average Bonchev–Trinajstić information content (AvgIpc) is 2.70. The number of rotatable bonds is 4. The van der Waals surface area contributed by atoms with Crippen LogP contribution in [0.2, 0.25) is 0 Å². The lowest BCUT2D eigenvalue weighted by atomic mass is 10.1. The fourth-order valence-corrected chi connectivity index (χ4v) is 2.29. The molecule has 116 valence electrons. The quantitative estimate of drug-likeness (QED) is 0.930. The maximum atomic E-state index is 12.1. The Kier molecular flexibility index (Phi) is 4.41. The first-order chi connectivity index (χ1) is 9.76. The van der Waals surface area contributed by atoms with E-state index in [-0.39, 0.29) is 24.4 Å². The third kappa shape index (κ3) is 4.10. The second-order valence-corrected chi connectivity index (χ2v) is 5.34. The van der Waals surface area contributed by atoms with Crippen LogP contribution in [0, 0.1) is 5.92 Å². The molecule has 0 aromatic heterocycles. The minimum Gasteiger partial charge on any atom is -0.406 e. The van der Waals surface area contributed by atoms with E-state index in [1.807, 2.05) is 13.8 Å². The number of nitrogens with zero attached hydrogens (tertiary/aromatic N) is 1. The van der Waals surface area contributed by atoms with Gasteiger partial charge in [-0.2, -0.15) is 0 Å². The van der Waals surface area contributed by atoms with Crippen molar-refractivity contribution < 1.29 is 22.7 Å². The van der Waals surface area contributed by atoms with E-state index in [4.69, 9.17) is 0 Å². The van der Waals surface area contributed by atoms with Crippen LogP contribution in [0.1, 0.15) is 25.6 Å². The predicted octanol–water partition coefficient (Wildman–Crippen LogP) is 2.67. The maximum absolute atomic E-state index is 12.1. The van der Waals surface area contributed by atoms with Gasteiger partial charge in [0.25, 0.3) is 0 Å². The zero-order valence-electron chi connectivity index (χ0n) is 11.8. The van der Waals surface area contributed by atoms with Gasteiger partial charge in [0.2, 0.25) is 5.91 Å². The van der Waals surface area contributed by atoms with Crippen LogP contribution in [-0.2, 0) is 4.79 Å². The Morgan fingerprint density at radius 2 is 1.95 bits per heavy atom. The van der Waals surface area contributed by atoms with E-state index in [1.165, 1.54) is 24.3 Å². The Morgan fingerprint density at radius 3 is 2.48 bits per heavy atom. The molecule has 1 aliphatic heterocycles. The average molecular weight is 302 g/mol. The third-order valence-corrected chi connectivity index (χ3v) is 3.07. The minimum atomic E-state index is -4.70. The Morgan fingerprint density at radius 1 is 1.33 bits per heavy atom. The number of alkyl halides is 3. The molecule has 0 saturated carbocycles. The molecule has 1 aromatic carbocycles. The van der Waals surface area contributed by atoms with Crippen LogP contribution >= 0.6 is 0 Å². The van der Waals surface area contributed by atoms with E-state index in [2.05, 4.69) is 10.1 Å². The smallest absolute Gasteiger partial charge is 0.406 e. The maximum Gasteiger partial charge on any atom is 0.573 e. The molecule has 1 amide bonds.